The lowest BCUT2D eigenvalue weighted by Gasteiger charge is -2.23. The molecular formula is C17H22N4O. The van der Waals surface area contributed by atoms with Crippen molar-refractivity contribution >= 4 is 11.6 Å². The van der Waals surface area contributed by atoms with E-state index >= 15 is 0 Å². The van der Waals surface area contributed by atoms with Crippen LogP contribution in [0.4, 0.5) is 5.69 Å². The lowest BCUT2D eigenvalue weighted by Crippen LogP contribution is -2.34. The third kappa shape index (κ3) is 2.63. The molecule has 5 heteroatoms. The van der Waals surface area contributed by atoms with E-state index < -0.39 is 0 Å². The van der Waals surface area contributed by atoms with Crippen LogP contribution in [0.2, 0.25) is 0 Å². The van der Waals surface area contributed by atoms with E-state index in [4.69, 9.17) is 0 Å². The van der Waals surface area contributed by atoms with Crippen LogP contribution in [0.5, 0.6) is 0 Å². The van der Waals surface area contributed by atoms with Gasteiger partial charge in [0.05, 0.1) is 5.69 Å². The molecule has 22 heavy (non-hydrogen) atoms. The summed E-state index contributed by atoms with van der Waals surface area (Å²) in [5.41, 5.74) is 3.89. The highest BCUT2D eigenvalue weighted by Gasteiger charge is 2.28. The standard InChI is InChI=1S/C17H22N4O/c1-3-4-12-21(13-8-10-18-11-9-13)17(22)16-14-6-5-7-15(14)19-20(16)2/h8-11H,3-7,12H2,1-2H3. The van der Waals surface area contributed by atoms with Gasteiger partial charge in [0.15, 0.2) is 0 Å². The van der Waals surface area contributed by atoms with Crippen LogP contribution in [-0.2, 0) is 19.9 Å². The Morgan fingerprint density at radius 3 is 2.82 bits per heavy atom. The Labute approximate surface area is 131 Å². The zero-order chi connectivity index (χ0) is 15.5. The van der Waals surface area contributed by atoms with Crippen LogP contribution >= 0.6 is 0 Å². The topological polar surface area (TPSA) is 51.0 Å². The summed E-state index contributed by atoms with van der Waals surface area (Å²) >= 11 is 0. The smallest absolute Gasteiger partial charge is 0.276 e. The molecule has 0 atom stereocenters. The van der Waals surface area contributed by atoms with Crippen LogP contribution in [-0.4, -0.2) is 27.2 Å². The Morgan fingerprint density at radius 2 is 2.09 bits per heavy atom. The number of amides is 1. The normalized spacial score (nSPS) is 13.2. The maximum Gasteiger partial charge on any atom is 0.276 e. The van der Waals surface area contributed by atoms with E-state index in [-0.39, 0.29) is 5.91 Å². The van der Waals surface area contributed by atoms with Crippen molar-refractivity contribution in [3.05, 3.63) is 41.5 Å². The first-order chi connectivity index (χ1) is 10.7. The average Bonchev–Trinajstić information content (AvgIpc) is 3.08. The number of anilines is 1. The van der Waals surface area contributed by atoms with Crippen LogP contribution < -0.4 is 4.90 Å². The molecule has 0 radical (unpaired) electrons. The van der Waals surface area contributed by atoms with Crippen LogP contribution in [0.25, 0.3) is 0 Å². The van der Waals surface area contributed by atoms with Gasteiger partial charge in [0.25, 0.3) is 5.91 Å². The molecule has 0 saturated carbocycles. The highest BCUT2D eigenvalue weighted by atomic mass is 16.2. The predicted molar refractivity (Wildman–Crippen MR) is 86.1 cm³/mol. The van der Waals surface area contributed by atoms with Crippen molar-refractivity contribution in [2.24, 2.45) is 7.05 Å². The van der Waals surface area contributed by atoms with Crippen molar-refractivity contribution in [2.75, 3.05) is 11.4 Å². The van der Waals surface area contributed by atoms with Gasteiger partial charge in [0, 0.05) is 37.2 Å². The number of carbonyl (C=O) groups is 1. The summed E-state index contributed by atoms with van der Waals surface area (Å²) in [6, 6.07) is 3.79. The monoisotopic (exact) mass is 298 g/mol. The quantitative estimate of drug-likeness (QED) is 0.853. The molecule has 5 nitrogen and oxygen atoms in total. The van der Waals surface area contributed by atoms with Gasteiger partial charge in [-0.1, -0.05) is 13.3 Å². The second kappa shape index (κ2) is 6.30. The molecule has 1 amide bonds. The van der Waals surface area contributed by atoms with E-state index in [1.807, 2.05) is 24.1 Å². The van der Waals surface area contributed by atoms with Gasteiger partial charge in [0.2, 0.25) is 0 Å². The molecule has 0 N–H and O–H groups in total. The van der Waals surface area contributed by atoms with Gasteiger partial charge in [-0.05, 0) is 37.8 Å². The molecule has 0 bridgehead atoms. The van der Waals surface area contributed by atoms with Crippen molar-refractivity contribution in [2.45, 2.75) is 39.0 Å². The van der Waals surface area contributed by atoms with Gasteiger partial charge >= 0.3 is 0 Å². The zero-order valence-electron chi connectivity index (χ0n) is 13.2. The van der Waals surface area contributed by atoms with Crippen LogP contribution in [0.15, 0.2) is 24.5 Å². The SMILES string of the molecule is CCCCN(C(=O)c1c2c(nn1C)CCC2)c1ccncc1. The largest absolute Gasteiger partial charge is 0.307 e. The van der Waals surface area contributed by atoms with Crippen LogP contribution in [0, 0.1) is 0 Å². The minimum atomic E-state index is 0.0535. The number of hydrogen-bond donors (Lipinski definition) is 0. The molecule has 0 aromatic carbocycles. The minimum Gasteiger partial charge on any atom is -0.307 e. The van der Waals surface area contributed by atoms with Gasteiger partial charge in [-0.15, -0.1) is 0 Å². The molecule has 0 unspecified atom stereocenters. The fraction of sp³-hybridized carbons (Fsp3) is 0.471. The third-order valence-corrected chi connectivity index (χ3v) is 4.23. The van der Waals surface area contributed by atoms with Crippen molar-refractivity contribution in [1.82, 2.24) is 14.8 Å². The number of pyridine rings is 1. The Hall–Kier alpha value is -2.17. The van der Waals surface area contributed by atoms with Crippen LogP contribution in [0.1, 0.15) is 47.9 Å². The summed E-state index contributed by atoms with van der Waals surface area (Å²) in [4.78, 5) is 19.0. The molecule has 0 saturated heterocycles. The number of rotatable bonds is 5. The molecule has 2 heterocycles. The zero-order valence-corrected chi connectivity index (χ0v) is 13.2. The van der Waals surface area contributed by atoms with Gasteiger partial charge in [0.1, 0.15) is 5.69 Å². The van der Waals surface area contributed by atoms with Crippen molar-refractivity contribution < 1.29 is 4.79 Å². The summed E-state index contributed by atoms with van der Waals surface area (Å²) in [5, 5.41) is 4.53. The van der Waals surface area contributed by atoms with E-state index in [1.54, 1.807) is 17.1 Å². The number of fused-ring (bicyclic) bond motifs is 1. The number of aryl methyl sites for hydroxylation is 2. The lowest BCUT2D eigenvalue weighted by atomic mass is 10.1. The molecule has 0 spiro atoms. The van der Waals surface area contributed by atoms with E-state index in [0.29, 0.717) is 0 Å². The molecule has 2 aromatic heterocycles. The van der Waals surface area contributed by atoms with E-state index in [0.717, 1.165) is 61.3 Å². The summed E-state index contributed by atoms with van der Waals surface area (Å²) in [7, 11) is 1.87. The van der Waals surface area contributed by atoms with E-state index in [1.165, 1.54) is 0 Å². The second-order valence-corrected chi connectivity index (χ2v) is 5.77. The Bertz CT molecular complexity index is 663. The van der Waals surface area contributed by atoms with E-state index in [2.05, 4.69) is 17.0 Å². The molecule has 0 fully saturated rings. The van der Waals surface area contributed by atoms with Gasteiger partial charge < -0.3 is 4.90 Å². The molecule has 3 rings (SSSR count). The molecule has 1 aliphatic carbocycles. The third-order valence-electron chi connectivity index (χ3n) is 4.23. The molecule has 2 aromatic rings. The summed E-state index contributed by atoms with van der Waals surface area (Å²) < 4.78 is 1.76. The van der Waals surface area contributed by atoms with E-state index in [9.17, 15) is 4.79 Å². The fourth-order valence-electron chi connectivity index (χ4n) is 3.10. The molecular weight excluding hydrogens is 276 g/mol. The molecule has 0 aliphatic heterocycles. The highest BCUT2D eigenvalue weighted by Crippen LogP contribution is 2.27. The van der Waals surface area contributed by atoms with Crippen molar-refractivity contribution in [3.8, 4) is 0 Å². The Morgan fingerprint density at radius 1 is 1.32 bits per heavy atom. The molecule has 1 aliphatic rings. The summed E-state index contributed by atoms with van der Waals surface area (Å²) in [6.45, 7) is 2.86. The fourth-order valence-corrected chi connectivity index (χ4v) is 3.10. The summed E-state index contributed by atoms with van der Waals surface area (Å²) in [6.07, 6.45) is 8.54. The number of carbonyl (C=O) groups excluding carboxylic acids is 1. The minimum absolute atomic E-state index is 0.0535. The predicted octanol–water partition coefficient (Wildman–Crippen LogP) is 2.75. The number of unbranched alkanes of at least 4 members (excludes halogenated alkanes) is 1. The van der Waals surface area contributed by atoms with Crippen molar-refractivity contribution in [3.63, 3.8) is 0 Å². The number of hydrogen-bond acceptors (Lipinski definition) is 3. The lowest BCUT2D eigenvalue weighted by molar-refractivity contribution is 0.0976. The Kier molecular flexibility index (Phi) is 4.22. The molecule has 116 valence electrons. The average molecular weight is 298 g/mol. The maximum atomic E-state index is 13.1. The number of aromatic nitrogens is 3. The summed E-state index contributed by atoms with van der Waals surface area (Å²) in [5.74, 6) is 0.0535. The highest BCUT2D eigenvalue weighted by molar-refractivity contribution is 6.06. The first kappa shape index (κ1) is 14.8. The second-order valence-electron chi connectivity index (χ2n) is 5.77. The van der Waals surface area contributed by atoms with Gasteiger partial charge in [-0.2, -0.15) is 5.10 Å². The van der Waals surface area contributed by atoms with Crippen molar-refractivity contribution in [1.29, 1.82) is 0 Å². The van der Waals surface area contributed by atoms with Crippen LogP contribution in [0.3, 0.4) is 0 Å². The maximum absolute atomic E-state index is 13.1. The first-order valence-electron chi connectivity index (χ1n) is 7.99. The Balaban J connectivity index is 1.96. The van der Waals surface area contributed by atoms with Gasteiger partial charge in [-0.25, -0.2) is 0 Å². The first-order valence-corrected chi connectivity index (χ1v) is 7.99. The number of nitrogens with zero attached hydrogens (tertiary/aromatic N) is 4. The van der Waals surface area contributed by atoms with Gasteiger partial charge in [-0.3, -0.25) is 14.5 Å².